The summed E-state index contributed by atoms with van der Waals surface area (Å²) in [6.45, 7) is 5.88. The molecule has 9 heteroatoms. The summed E-state index contributed by atoms with van der Waals surface area (Å²) in [6, 6.07) is 0.324. The van der Waals surface area contributed by atoms with E-state index in [9.17, 15) is 0 Å². The van der Waals surface area contributed by atoms with E-state index in [1.807, 2.05) is 13.8 Å². The smallest absolute Gasteiger partial charge is 0.324 e. The van der Waals surface area contributed by atoms with E-state index >= 15 is 0 Å². The zero-order valence-corrected chi connectivity index (χ0v) is 12.7. The van der Waals surface area contributed by atoms with Crippen LogP contribution in [0.15, 0.2) is 0 Å². The van der Waals surface area contributed by atoms with Crippen LogP contribution >= 0.6 is 0 Å². The Morgan fingerprint density at radius 3 is 2.48 bits per heavy atom. The quantitative estimate of drug-likeness (QED) is 0.340. The van der Waals surface area contributed by atoms with E-state index < -0.39 is 0 Å². The third-order valence-electron chi connectivity index (χ3n) is 2.16. The van der Waals surface area contributed by atoms with Crippen molar-refractivity contribution >= 4 is 5.95 Å². The molecule has 1 rings (SSSR count). The average molecular weight is 301 g/mol. The number of ether oxygens (including phenoxy) is 4. The normalized spacial score (nSPS) is 10.7. The van der Waals surface area contributed by atoms with Gasteiger partial charge in [-0.25, -0.2) is 5.84 Å². The van der Waals surface area contributed by atoms with Crippen molar-refractivity contribution in [1.29, 1.82) is 0 Å². The number of nitrogen functional groups attached to an aromatic ring is 1. The number of aromatic nitrogens is 3. The van der Waals surface area contributed by atoms with Crippen LogP contribution in [0.2, 0.25) is 0 Å². The van der Waals surface area contributed by atoms with E-state index in [1.54, 1.807) is 7.11 Å². The second-order valence-corrected chi connectivity index (χ2v) is 4.34. The summed E-state index contributed by atoms with van der Waals surface area (Å²) in [5, 5.41) is 0. The van der Waals surface area contributed by atoms with Crippen molar-refractivity contribution in [1.82, 2.24) is 15.0 Å². The Kier molecular flexibility index (Phi) is 8.32. The molecule has 1 aromatic rings. The third-order valence-corrected chi connectivity index (χ3v) is 2.16. The van der Waals surface area contributed by atoms with Crippen LogP contribution in [0, 0.1) is 0 Å². The van der Waals surface area contributed by atoms with Gasteiger partial charge >= 0.3 is 12.0 Å². The molecule has 0 saturated heterocycles. The van der Waals surface area contributed by atoms with Gasteiger partial charge in [-0.2, -0.15) is 9.97 Å². The molecule has 0 aliphatic rings. The Morgan fingerprint density at radius 2 is 1.81 bits per heavy atom. The Labute approximate surface area is 124 Å². The number of nitrogens with one attached hydrogen (secondary N) is 1. The first-order valence-electron chi connectivity index (χ1n) is 6.74. The summed E-state index contributed by atoms with van der Waals surface area (Å²) < 4.78 is 21.0. The number of hydrogen-bond acceptors (Lipinski definition) is 9. The molecular formula is C12H23N5O4. The molecule has 0 fully saturated rings. The summed E-state index contributed by atoms with van der Waals surface area (Å²) in [4.78, 5) is 12.0. The number of anilines is 1. The third kappa shape index (κ3) is 7.59. The van der Waals surface area contributed by atoms with Gasteiger partial charge in [0.2, 0.25) is 5.95 Å². The molecular weight excluding hydrogens is 278 g/mol. The number of hydrogen-bond donors (Lipinski definition) is 2. The lowest BCUT2D eigenvalue weighted by atomic mass is 10.5. The molecule has 0 aliphatic carbocycles. The first-order valence-corrected chi connectivity index (χ1v) is 6.74. The summed E-state index contributed by atoms with van der Waals surface area (Å²) in [6.07, 6.45) is 0.654. The fourth-order valence-electron chi connectivity index (χ4n) is 1.30. The highest BCUT2D eigenvalue weighted by Gasteiger charge is 2.09. The maximum absolute atomic E-state index is 5.43. The number of nitrogens with zero attached hydrogens (tertiary/aromatic N) is 3. The number of nitrogens with two attached hydrogens (primary N) is 1. The SMILES string of the molecule is COCCOCCCOc1nc(NN)nc(OC(C)C)n1. The molecule has 0 aromatic carbocycles. The first-order chi connectivity index (χ1) is 10.2. The van der Waals surface area contributed by atoms with Crippen LogP contribution in [0.25, 0.3) is 0 Å². The van der Waals surface area contributed by atoms with Crippen LogP contribution < -0.4 is 20.7 Å². The molecule has 0 aliphatic heterocycles. The predicted octanol–water partition coefficient (Wildman–Crippen LogP) is 0.376. The van der Waals surface area contributed by atoms with Crippen molar-refractivity contribution in [3.05, 3.63) is 0 Å². The van der Waals surface area contributed by atoms with E-state index in [0.29, 0.717) is 32.8 Å². The van der Waals surface area contributed by atoms with Crippen molar-refractivity contribution in [2.24, 2.45) is 5.84 Å². The minimum absolute atomic E-state index is 0.0555. The van der Waals surface area contributed by atoms with E-state index in [4.69, 9.17) is 24.8 Å². The maximum Gasteiger partial charge on any atom is 0.324 e. The zero-order valence-electron chi connectivity index (χ0n) is 12.7. The lowest BCUT2D eigenvalue weighted by Gasteiger charge is -2.10. The van der Waals surface area contributed by atoms with Crippen molar-refractivity contribution in [3.63, 3.8) is 0 Å². The van der Waals surface area contributed by atoms with Crippen molar-refractivity contribution in [3.8, 4) is 12.0 Å². The molecule has 0 amide bonds. The molecule has 120 valence electrons. The van der Waals surface area contributed by atoms with Gasteiger partial charge in [-0.15, -0.1) is 4.98 Å². The van der Waals surface area contributed by atoms with E-state index in [0.717, 1.165) is 0 Å². The Balaban J connectivity index is 2.39. The van der Waals surface area contributed by atoms with Gasteiger partial charge < -0.3 is 18.9 Å². The lowest BCUT2D eigenvalue weighted by molar-refractivity contribution is 0.0638. The molecule has 0 atom stereocenters. The van der Waals surface area contributed by atoms with Crippen molar-refractivity contribution in [2.75, 3.05) is 39.0 Å². The van der Waals surface area contributed by atoms with Gasteiger partial charge in [-0.05, 0) is 13.8 Å². The minimum atomic E-state index is -0.0555. The lowest BCUT2D eigenvalue weighted by Crippen LogP contribution is -2.16. The molecule has 9 nitrogen and oxygen atoms in total. The Bertz CT molecular complexity index is 405. The van der Waals surface area contributed by atoms with Gasteiger partial charge in [-0.3, -0.25) is 5.43 Å². The van der Waals surface area contributed by atoms with Crippen LogP contribution in [0.4, 0.5) is 5.95 Å². The van der Waals surface area contributed by atoms with Crippen LogP contribution in [0.5, 0.6) is 12.0 Å². The maximum atomic E-state index is 5.43. The fraction of sp³-hybridized carbons (Fsp3) is 0.750. The van der Waals surface area contributed by atoms with E-state index in [1.165, 1.54) is 0 Å². The van der Waals surface area contributed by atoms with Gasteiger partial charge in [0.1, 0.15) is 0 Å². The highest BCUT2D eigenvalue weighted by molar-refractivity contribution is 5.25. The molecule has 0 radical (unpaired) electrons. The first kappa shape index (κ1) is 17.3. The Morgan fingerprint density at radius 1 is 1.05 bits per heavy atom. The topological polar surface area (TPSA) is 114 Å². The minimum Gasteiger partial charge on any atom is -0.463 e. The summed E-state index contributed by atoms with van der Waals surface area (Å²) >= 11 is 0. The summed E-state index contributed by atoms with van der Waals surface area (Å²) in [7, 11) is 1.63. The van der Waals surface area contributed by atoms with Crippen molar-refractivity contribution in [2.45, 2.75) is 26.4 Å². The molecule has 3 N–H and O–H groups in total. The largest absolute Gasteiger partial charge is 0.463 e. The van der Waals surface area contributed by atoms with Gasteiger partial charge in [0.05, 0.1) is 25.9 Å². The monoisotopic (exact) mass is 301 g/mol. The number of methoxy groups -OCH3 is 1. The Hall–Kier alpha value is -1.71. The van der Waals surface area contributed by atoms with Crippen LogP contribution in [0.1, 0.15) is 20.3 Å². The number of rotatable bonds is 11. The molecule has 0 unspecified atom stereocenters. The zero-order chi connectivity index (χ0) is 15.5. The van der Waals surface area contributed by atoms with Crippen molar-refractivity contribution < 1.29 is 18.9 Å². The highest BCUT2D eigenvalue weighted by Crippen LogP contribution is 2.13. The van der Waals surface area contributed by atoms with Crippen LogP contribution in [0.3, 0.4) is 0 Å². The van der Waals surface area contributed by atoms with Crippen LogP contribution in [-0.2, 0) is 9.47 Å². The summed E-state index contributed by atoms with van der Waals surface area (Å²) in [5.74, 6) is 5.48. The van der Waals surface area contributed by atoms with Crippen LogP contribution in [-0.4, -0.2) is 54.6 Å². The molecule has 0 saturated carbocycles. The predicted molar refractivity (Wildman–Crippen MR) is 76.2 cm³/mol. The second kappa shape index (κ2) is 10.1. The van der Waals surface area contributed by atoms with Gasteiger partial charge in [0.25, 0.3) is 0 Å². The van der Waals surface area contributed by atoms with E-state index in [-0.39, 0.29) is 24.1 Å². The van der Waals surface area contributed by atoms with Gasteiger partial charge in [0, 0.05) is 20.1 Å². The fourth-order valence-corrected chi connectivity index (χ4v) is 1.30. The second-order valence-electron chi connectivity index (χ2n) is 4.34. The highest BCUT2D eigenvalue weighted by atomic mass is 16.5. The molecule has 0 spiro atoms. The van der Waals surface area contributed by atoms with Gasteiger partial charge in [-0.1, -0.05) is 0 Å². The molecule has 21 heavy (non-hydrogen) atoms. The average Bonchev–Trinajstić information content (AvgIpc) is 2.45. The number of hydrazine groups is 1. The summed E-state index contributed by atoms with van der Waals surface area (Å²) in [5.41, 5.74) is 2.34. The molecule has 0 bridgehead atoms. The van der Waals surface area contributed by atoms with Gasteiger partial charge in [0.15, 0.2) is 0 Å². The standard InChI is InChI=1S/C12H23N5O4/c1-9(2)21-12-15-10(17-13)14-11(16-12)20-6-4-5-19-8-7-18-3/h9H,4-8,13H2,1-3H3,(H,14,15,16,17). The molecule has 1 aromatic heterocycles. The van der Waals surface area contributed by atoms with E-state index in [2.05, 4.69) is 20.4 Å². The molecule has 1 heterocycles.